The van der Waals surface area contributed by atoms with Gasteiger partial charge in [-0.2, -0.15) is 10.5 Å². The smallest absolute Gasteiger partial charge is 0.172 e. The SMILES string of the molecule is N#C[C@@H]1N=C(Br)N[C@H]1C#N. The van der Waals surface area contributed by atoms with E-state index in [1.807, 2.05) is 12.1 Å². The Morgan fingerprint density at radius 1 is 1.50 bits per heavy atom. The summed E-state index contributed by atoms with van der Waals surface area (Å²) in [5.74, 6) is 0. The Bertz CT molecular complexity index is 245. The highest BCUT2D eigenvalue weighted by molar-refractivity contribution is 9.18. The molecule has 1 rings (SSSR count). The summed E-state index contributed by atoms with van der Waals surface area (Å²) < 4.78 is 0.477. The minimum absolute atomic E-state index is 0.477. The topological polar surface area (TPSA) is 72.0 Å². The van der Waals surface area contributed by atoms with Crippen molar-refractivity contribution in [2.24, 2.45) is 4.99 Å². The second-order valence-electron chi connectivity index (χ2n) is 1.74. The lowest BCUT2D eigenvalue weighted by molar-refractivity contribution is 0.724. The monoisotopic (exact) mass is 198 g/mol. The van der Waals surface area contributed by atoms with Gasteiger partial charge in [-0.3, -0.25) is 0 Å². The molecular weight excluding hydrogens is 196 g/mol. The van der Waals surface area contributed by atoms with Gasteiger partial charge in [0.25, 0.3) is 0 Å². The number of amidine groups is 1. The number of aliphatic imine (C=N–C) groups is 1. The van der Waals surface area contributed by atoms with Crippen molar-refractivity contribution in [3.8, 4) is 12.1 Å². The second kappa shape index (κ2) is 2.68. The van der Waals surface area contributed by atoms with E-state index < -0.39 is 12.1 Å². The van der Waals surface area contributed by atoms with E-state index in [-0.39, 0.29) is 0 Å². The Morgan fingerprint density at radius 2 is 2.20 bits per heavy atom. The Hall–Kier alpha value is -1.07. The van der Waals surface area contributed by atoms with Crippen molar-refractivity contribution in [2.75, 3.05) is 0 Å². The first-order valence-corrected chi connectivity index (χ1v) is 3.36. The highest BCUT2D eigenvalue weighted by Crippen LogP contribution is 2.07. The third-order valence-electron chi connectivity index (χ3n) is 1.11. The number of hydrogen-bond acceptors (Lipinski definition) is 4. The van der Waals surface area contributed by atoms with Crippen LogP contribution in [0.1, 0.15) is 0 Å². The molecule has 0 fully saturated rings. The van der Waals surface area contributed by atoms with Gasteiger partial charge in [0, 0.05) is 0 Å². The number of halogens is 1. The fourth-order valence-electron chi connectivity index (χ4n) is 0.647. The lowest BCUT2D eigenvalue weighted by Gasteiger charge is -2.00. The zero-order valence-electron chi connectivity index (χ0n) is 4.87. The molecule has 1 aliphatic heterocycles. The molecule has 0 aromatic heterocycles. The van der Waals surface area contributed by atoms with Crippen LogP contribution in [0.15, 0.2) is 4.99 Å². The Labute approximate surface area is 66.3 Å². The predicted octanol–water partition coefficient (Wildman–Crippen LogP) is 0.125. The minimum atomic E-state index is -0.570. The summed E-state index contributed by atoms with van der Waals surface area (Å²) in [5, 5.41) is 19.5. The molecule has 0 unspecified atom stereocenters. The Kier molecular flexibility index (Phi) is 1.88. The maximum absolute atomic E-state index is 8.43. The van der Waals surface area contributed by atoms with Crippen molar-refractivity contribution >= 4 is 20.7 Å². The highest BCUT2D eigenvalue weighted by Gasteiger charge is 2.26. The van der Waals surface area contributed by atoms with Crippen molar-refractivity contribution in [3.63, 3.8) is 0 Å². The molecule has 0 saturated heterocycles. The van der Waals surface area contributed by atoms with Gasteiger partial charge in [-0.25, -0.2) is 4.99 Å². The molecular formula is C5H3BrN4. The van der Waals surface area contributed by atoms with E-state index in [4.69, 9.17) is 10.5 Å². The van der Waals surface area contributed by atoms with Crippen LogP contribution in [0, 0.1) is 22.7 Å². The lowest BCUT2D eigenvalue weighted by Crippen LogP contribution is -2.30. The average Bonchev–Trinajstić information content (AvgIpc) is 2.30. The van der Waals surface area contributed by atoms with E-state index in [1.165, 1.54) is 0 Å². The molecule has 0 bridgehead atoms. The van der Waals surface area contributed by atoms with Crippen molar-refractivity contribution in [2.45, 2.75) is 12.1 Å². The molecule has 0 aromatic carbocycles. The van der Waals surface area contributed by atoms with E-state index in [2.05, 4.69) is 26.2 Å². The van der Waals surface area contributed by atoms with Gasteiger partial charge in [0.05, 0.1) is 12.1 Å². The Balaban J connectivity index is 2.75. The molecule has 2 atom stereocenters. The van der Waals surface area contributed by atoms with Crippen LogP contribution in [0.2, 0.25) is 0 Å². The molecule has 50 valence electrons. The summed E-state index contributed by atoms with van der Waals surface area (Å²) >= 11 is 3.04. The van der Waals surface area contributed by atoms with E-state index >= 15 is 0 Å². The zero-order chi connectivity index (χ0) is 7.56. The van der Waals surface area contributed by atoms with Gasteiger partial charge >= 0.3 is 0 Å². The molecule has 0 spiro atoms. The van der Waals surface area contributed by atoms with Crippen LogP contribution in [-0.2, 0) is 0 Å². The standard InChI is InChI=1S/C5H3BrN4/c6-5-9-3(1-7)4(2-8)10-5/h3-4H,(H,9,10)/t3-,4-/m0/s1. The van der Waals surface area contributed by atoms with Crippen LogP contribution in [-0.4, -0.2) is 16.8 Å². The molecule has 0 amide bonds. The zero-order valence-corrected chi connectivity index (χ0v) is 6.46. The molecule has 0 aliphatic carbocycles. The minimum Gasteiger partial charge on any atom is -0.346 e. The van der Waals surface area contributed by atoms with E-state index in [0.717, 1.165) is 0 Å². The second-order valence-corrected chi connectivity index (χ2v) is 2.50. The normalized spacial score (nSPS) is 29.7. The van der Waals surface area contributed by atoms with Gasteiger partial charge in [-0.15, -0.1) is 0 Å². The molecule has 10 heavy (non-hydrogen) atoms. The molecule has 5 heteroatoms. The number of nitrogens with one attached hydrogen (secondary N) is 1. The predicted molar refractivity (Wildman–Crippen MR) is 38.3 cm³/mol. The summed E-state index contributed by atoms with van der Waals surface area (Å²) in [6, 6.07) is 2.74. The summed E-state index contributed by atoms with van der Waals surface area (Å²) in [4.78, 5) is 3.80. The highest BCUT2D eigenvalue weighted by atomic mass is 79.9. The third-order valence-corrected chi connectivity index (χ3v) is 1.55. The summed E-state index contributed by atoms with van der Waals surface area (Å²) in [6.07, 6.45) is 0. The van der Waals surface area contributed by atoms with Crippen LogP contribution in [0.25, 0.3) is 0 Å². The van der Waals surface area contributed by atoms with Crippen molar-refractivity contribution < 1.29 is 0 Å². The molecule has 0 radical (unpaired) electrons. The number of nitriles is 2. The Morgan fingerprint density at radius 3 is 2.60 bits per heavy atom. The number of hydrogen-bond donors (Lipinski definition) is 1. The van der Waals surface area contributed by atoms with Crippen LogP contribution in [0.3, 0.4) is 0 Å². The maximum atomic E-state index is 8.43. The molecule has 4 nitrogen and oxygen atoms in total. The van der Waals surface area contributed by atoms with Crippen LogP contribution in [0.4, 0.5) is 0 Å². The molecule has 1 aliphatic rings. The quantitative estimate of drug-likeness (QED) is 0.563. The maximum Gasteiger partial charge on any atom is 0.172 e. The van der Waals surface area contributed by atoms with E-state index in [0.29, 0.717) is 4.74 Å². The summed E-state index contributed by atoms with van der Waals surface area (Å²) in [5.41, 5.74) is 0. The van der Waals surface area contributed by atoms with E-state index in [9.17, 15) is 0 Å². The van der Waals surface area contributed by atoms with Crippen LogP contribution in [0.5, 0.6) is 0 Å². The molecule has 0 aromatic rings. The van der Waals surface area contributed by atoms with Crippen LogP contribution >= 0.6 is 15.9 Å². The fourth-order valence-corrected chi connectivity index (χ4v) is 1.11. The summed E-state index contributed by atoms with van der Waals surface area (Å²) in [6.45, 7) is 0. The fraction of sp³-hybridized carbons (Fsp3) is 0.400. The average molecular weight is 199 g/mol. The molecule has 0 saturated carbocycles. The molecule has 1 heterocycles. The first kappa shape index (κ1) is 7.04. The van der Waals surface area contributed by atoms with Crippen LogP contribution < -0.4 is 5.32 Å². The van der Waals surface area contributed by atoms with Gasteiger partial charge in [0.1, 0.15) is 0 Å². The third kappa shape index (κ3) is 1.09. The van der Waals surface area contributed by atoms with Gasteiger partial charge in [-0.1, -0.05) is 0 Å². The first-order chi connectivity index (χ1) is 4.77. The van der Waals surface area contributed by atoms with Gasteiger partial charge in [0.15, 0.2) is 16.8 Å². The molecule has 1 N–H and O–H groups in total. The van der Waals surface area contributed by atoms with Gasteiger partial charge in [0.2, 0.25) is 0 Å². The van der Waals surface area contributed by atoms with Crippen molar-refractivity contribution in [3.05, 3.63) is 0 Å². The van der Waals surface area contributed by atoms with E-state index in [1.54, 1.807) is 0 Å². The van der Waals surface area contributed by atoms with Gasteiger partial charge < -0.3 is 5.32 Å². The van der Waals surface area contributed by atoms with Crippen molar-refractivity contribution in [1.82, 2.24) is 5.32 Å². The number of nitrogens with zero attached hydrogens (tertiary/aromatic N) is 3. The first-order valence-electron chi connectivity index (χ1n) is 2.57. The largest absolute Gasteiger partial charge is 0.346 e. The number of rotatable bonds is 0. The lowest BCUT2D eigenvalue weighted by atomic mass is 10.2. The summed E-state index contributed by atoms with van der Waals surface area (Å²) in [7, 11) is 0. The van der Waals surface area contributed by atoms with Crippen molar-refractivity contribution in [1.29, 1.82) is 10.5 Å². The van der Waals surface area contributed by atoms with Gasteiger partial charge in [-0.05, 0) is 15.9 Å².